The van der Waals surface area contributed by atoms with Crippen molar-refractivity contribution in [2.45, 2.75) is 25.9 Å². The lowest BCUT2D eigenvalue weighted by Gasteiger charge is -2.14. The van der Waals surface area contributed by atoms with Crippen LogP contribution in [0, 0.1) is 0 Å². The van der Waals surface area contributed by atoms with Gasteiger partial charge in [0, 0.05) is 43.7 Å². The minimum atomic E-state index is 0.0488. The van der Waals surface area contributed by atoms with Crippen LogP contribution in [-0.2, 0) is 11.3 Å². The standard InChI is InChI=1S/C10H14ClN3OS/c1-7(15)13-8-2-3-14(5-8)6-9-4-12-10(11)16-9/h4,8H,2-3,5-6H2,1H3,(H,13,15). The molecule has 0 spiro atoms. The number of aromatic nitrogens is 1. The largest absolute Gasteiger partial charge is 0.352 e. The van der Waals surface area contributed by atoms with Gasteiger partial charge in [0.2, 0.25) is 5.91 Å². The van der Waals surface area contributed by atoms with Gasteiger partial charge in [0.1, 0.15) is 0 Å². The zero-order valence-electron chi connectivity index (χ0n) is 9.07. The van der Waals surface area contributed by atoms with Gasteiger partial charge in [0.25, 0.3) is 0 Å². The average molecular weight is 260 g/mol. The molecule has 6 heteroatoms. The highest BCUT2D eigenvalue weighted by Gasteiger charge is 2.23. The molecule has 1 N–H and O–H groups in total. The van der Waals surface area contributed by atoms with E-state index in [0.717, 1.165) is 26.1 Å². The van der Waals surface area contributed by atoms with Crippen molar-refractivity contribution in [1.82, 2.24) is 15.2 Å². The monoisotopic (exact) mass is 259 g/mol. The van der Waals surface area contributed by atoms with E-state index in [-0.39, 0.29) is 5.91 Å². The zero-order chi connectivity index (χ0) is 11.5. The van der Waals surface area contributed by atoms with Gasteiger partial charge in [-0.15, -0.1) is 11.3 Å². The maximum absolute atomic E-state index is 10.9. The van der Waals surface area contributed by atoms with Crippen LogP contribution >= 0.6 is 22.9 Å². The van der Waals surface area contributed by atoms with E-state index in [1.165, 1.54) is 16.2 Å². The summed E-state index contributed by atoms with van der Waals surface area (Å²) in [7, 11) is 0. The van der Waals surface area contributed by atoms with Crippen LogP contribution in [0.1, 0.15) is 18.2 Å². The van der Waals surface area contributed by atoms with Crippen LogP contribution in [0.3, 0.4) is 0 Å². The summed E-state index contributed by atoms with van der Waals surface area (Å²) in [6.07, 6.45) is 2.84. The van der Waals surface area contributed by atoms with E-state index < -0.39 is 0 Å². The molecule has 1 amide bonds. The molecule has 1 aliphatic heterocycles. The van der Waals surface area contributed by atoms with Gasteiger partial charge < -0.3 is 5.32 Å². The Balaban J connectivity index is 1.82. The Morgan fingerprint density at radius 3 is 3.25 bits per heavy atom. The molecule has 1 aromatic rings. The number of hydrogen-bond acceptors (Lipinski definition) is 4. The van der Waals surface area contributed by atoms with Crippen LogP contribution < -0.4 is 5.32 Å². The highest BCUT2D eigenvalue weighted by Crippen LogP contribution is 2.21. The number of nitrogens with zero attached hydrogens (tertiary/aromatic N) is 2. The Kier molecular flexibility index (Phi) is 3.78. The lowest BCUT2D eigenvalue weighted by Crippen LogP contribution is -2.35. The fourth-order valence-corrected chi connectivity index (χ4v) is 2.98. The van der Waals surface area contributed by atoms with Crippen LogP contribution in [0.2, 0.25) is 4.47 Å². The molecule has 88 valence electrons. The minimum absolute atomic E-state index is 0.0488. The first kappa shape index (κ1) is 11.8. The lowest BCUT2D eigenvalue weighted by molar-refractivity contribution is -0.119. The fourth-order valence-electron chi connectivity index (χ4n) is 1.96. The number of likely N-dealkylation sites (tertiary alicyclic amines) is 1. The third-order valence-corrected chi connectivity index (χ3v) is 3.68. The number of hydrogen-bond donors (Lipinski definition) is 1. The molecule has 1 atom stereocenters. The van der Waals surface area contributed by atoms with E-state index in [1.807, 2.05) is 6.20 Å². The number of rotatable bonds is 3. The highest BCUT2D eigenvalue weighted by atomic mass is 35.5. The van der Waals surface area contributed by atoms with Crippen molar-refractivity contribution in [3.8, 4) is 0 Å². The van der Waals surface area contributed by atoms with Gasteiger partial charge in [-0.25, -0.2) is 4.98 Å². The third-order valence-electron chi connectivity index (χ3n) is 2.58. The van der Waals surface area contributed by atoms with E-state index >= 15 is 0 Å². The third kappa shape index (κ3) is 3.17. The number of halogens is 1. The highest BCUT2D eigenvalue weighted by molar-refractivity contribution is 7.15. The van der Waals surface area contributed by atoms with E-state index in [9.17, 15) is 4.79 Å². The number of nitrogens with one attached hydrogen (secondary N) is 1. The predicted molar refractivity (Wildman–Crippen MR) is 64.6 cm³/mol. The molecule has 1 fully saturated rings. The molecule has 0 saturated carbocycles. The Hall–Kier alpha value is -0.650. The maximum Gasteiger partial charge on any atom is 0.217 e. The second kappa shape index (κ2) is 5.12. The van der Waals surface area contributed by atoms with E-state index in [1.54, 1.807) is 6.92 Å². The molecule has 1 saturated heterocycles. The van der Waals surface area contributed by atoms with Crippen molar-refractivity contribution in [3.63, 3.8) is 0 Å². The van der Waals surface area contributed by atoms with Crippen molar-refractivity contribution < 1.29 is 4.79 Å². The SMILES string of the molecule is CC(=O)NC1CCN(Cc2cnc(Cl)s2)C1. The molecule has 1 unspecified atom stereocenters. The second-order valence-electron chi connectivity index (χ2n) is 4.00. The molecule has 1 aliphatic rings. The van der Waals surface area contributed by atoms with E-state index in [4.69, 9.17) is 11.6 Å². The molecular formula is C10H14ClN3OS. The first-order chi connectivity index (χ1) is 7.63. The summed E-state index contributed by atoms with van der Waals surface area (Å²) in [5.74, 6) is 0.0488. The van der Waals surface area contributed by atoms with Crippen molar-refractivity contribution in [3.05, 3.63) is 15.5 Å². The van der Waals surface area contributed by atoms with Gasteiger partial charge in [0.15, 0.2) is 4.47 Å². The molecule has 16 heavy (non-hydrogen) atoms. The number of thiazole rings is 1. The summed E-state index contributed by atoms with van der Waals surface area (Å²) < 4.78 is 0.590. The number of carbonyl (C=O) groups is 1. The summed E-state index contributed by atoms with van der Waals surface area (Å²) in [5.41, 5.74) is 0. The van der Waals surface area contributed by atoms with Gasteiger partial charge in [-0.1, -0.05) is 11.6 Å². The van der Waals surface area contributed by atoms with Crippen LogP contribution in [0.4, 0.5) is 0 Å². The molecule has 2 rings (SSSR count). The molecule has 0 radical (unpaired) electrons. The quantitative estimate of drug-likeness (QED) is 0.895. The number of amides is 1. The predicted octanol–water partition coefficient (Wildman–Crippen LogP) is 1.51. The second-order valence-corrected chi connectivity index (χ2v) is 5.70. The Labute approximate surface area is 104 Å². The van der Waals surface area contributed by atoms with Gasteiger partial charge in [-0.2, -0.15) is 0 Å². The molecule has 0 aliphatic carbocycles. The smallest absolute Gasteiger partial charge is 0.217 e. The Morgan fingerprint density at radius 1 is 1.81 bits per heavy atom. The Morgan fingerprint density at radius 2 is 2.62 bits per heavy atom. The summed E-state index contributed by atoms with van der Waals surface area (Å²) in [6, 6.07) is 0.292. The molecule has 1 aromatic heterocycles. The lowest BCUT2D eigenvalue weighted by atomic mass is 10.3. The van der Waals surface area contributed by atoms with Crippen molar-refractivity contribution >= 4 is 28.8 Å². The maximum atomic E-state index is 10.9. The van der Waals surface area contributed by atoms with Gasteiger partial charge >= 0.3 is 0 Å². The van der Waals surface area contributed by atoms with E-state index in [2.05, 4.69) is 15.2 Å². The Bertz CT molecular complexity index is 382. The number of carbonyl (C=O) groups excluding carboxylic acids is 1. The van der Waals surface area contributed by atoms with Crippen molar-refractivity contribution in [1.29, 1.82) is 0 Å². The van der Waals surface area contributed by atoms with Gasteiger partial charge in [0.05, 0.1) is 0 Å². The van der Waals surface area contributed by atoms with Gasteiger partial charge in [-0.05, 0) is 6.42 Å². The molecule has 0 aromatic carbocycles. The van der Waals surface area contributed by atoms with Crippen LogP contribution in [0.25, 0.3) is 0 Å². The van der Waals surface area contributed by atoms with Crippen LogP contribution in [0.15, 0.2) is 6.20 Å². The summed E-state index contributed by atoms with van der Waals surface area (Å²) >= 11 is 7.29. The summed E-state index contributed by atoms with van der Waals surface area (Å²) in [4.78, 5) is 18.4. The first-order valence-corrected chi connectivity index (χ1v) is 6.42. The normalized spacial score (nSPS) is 21.2. The molecular weight excluding hydrogens is 246 g/mol. The topological polar surface area (TPSA) is 45.2 Å². The van der Waals surface area contributed by atoms with Crippen molar-refractivity contribution in [2.24, 2.45) is 0 Å². The summed E-state index contributed by atoms with van der Waals surface area (Å²) in [5, 5.41) is 2.94. The molecule has 0 bridgehead atoms. The minimum Gasteiger partial charge on any atom is -0.352 e. The molecule has 2 heterocycles. The van der Waals surface area contributed by atoms with E-state index in [0.29, 0.717) is 10.5 Å². The fraction of sp³-hybridized carbons (Fsp3) is 0.600. The average Bonchev–Trinajstić information content (AvgIpc) is 2.76. The zero-order valence-corrected chi connectivity index (χ0v) is 10.6. The summed E-state index contributed by atoms with van der Waals surface area (Å²) in [6.45, 7) is 4.36. The van der Waals surface area contributed by atoms with Crippen LogP contribution in [-0.4, -0.2) is 34.9 Å². The first-order valence-electron chi connectivity index (χ1n) is 5.23. The van der Waals surface area contributed by atoms with Gasteiger partial charge in [-0.3, -0.25) is 9.69 Å². The molecule has 4 nitrogen and oxygen atoms in total. The van der Waals surface area contributed by atoms with Crippen molar-refractivity contribution in [2.75, 3.05) is 13.1 Å². The van der Waals surface area contributed by atoms with Crippen LogP contribution in [0.5, 0.6) is 0 Å².